The van der Waals surface area contributed by atoms with Crippen LogP contribution in [-0.2, 0) is 10.3 Å². The van der Waals surface area contributed by atoms with Gasteiger partial charge in [0.05, 0.1) is 6.61 Å². The maximum absolute atomic E-state index is 5.76. The van der Waals surface area contributed by atoms with Crippen molar-refractivity contribution in [3.05, 3.63) is 35.4 Å². The normalized spacial score (nSPS) is 25.4. The van der Waals surface area contributed by atoms with Gasteiger partial charge in [0.25, 0.3) is 0 Å². The van der Waals surface area contributed by atoms with E-state index in [2.05, 4.69) is 45.0 Å². The second-order valence-corrected chi connectivity index (χ2v) is 4.93. The van der Waals surface area contributed by atoms with Gasteiger partial charge in [-0.1, -0.05) is 51.5 Å². The SMILES string of the molecule is CCCC1(c2ccccc2C(C)CC)CO1. The van der Waals surface area contributed by atoms with Gasteiger partial charge in [0.2, 0.25) is 0 Å². The van der Waals surface area contributed by atoms with Crippen molar-refractivity contribution in [2.24, 2.45) is 0 Å². The lowest BCUT2D eigenvalue weighted by Crippen LogP contribution is -2.12. The van der Waals surface area contributed by atoms with E-state index in [1.165, 1.54) is 24.0 Å². The zero-order valence-electron chi connectivity index (χ0n) is 10.6. The molecule has 1 saturated heterocycles. The smallest absolute Gasteiger partial charge is 0.117 e. The molecule has 1 aromatic carbocycles. The van der Waals surface area contributed by atoms with Crippen LogP contribution in [0, 0.1) is 0 Å². The average Bonchev–Trinajstić information content (AvgIpc) is 3.09. The highest BCUT2D eigenvalue weighted by Gasteiger charge is 2.46. The monoisotopic (exact) mass is 218 g/mol. The van der Waals surface area contributed by atoms with Crippen molar-refractivity contribution >= 4 is 0 Å². The van der Waals surface area contributed by atoms with Crippen LogP contribution in [0.15, 0.2) is 24.3 Å². The predicted octanol–water partition coefficient (Wildman–Crippen LogP) is 4.23. The molecule has 0 N–H and O–H groups in total. The van der Waals surface area contributed by atoms with Crippen LogP contribution < -0.4 is 0 Å². The van der Waals surface area contributed by atoms with Crippen LogP contribution in [0.3, 0.4) is 0 Å². The summed E-state index contributed by atoms with van der Waals surface area (Å²) in [4.78, 5) is 0. The minimum atomic E-state index is 0.0643. The van der Waals surface area contributed by atoms with Crippen LogP contribution in [0.25, 0.3) is 0 Å². The fraction of sp³-hybridized carbons (Fsp3) is 0.600. The summed E-state index contributed by atoms with van der Waals surface area (Å²) in [6.07, 6.45) is 3.54. The maximum Gasteiger partial charge on any atom is 0.117 e. The Hall–Kier alpha value is -0.820. The van der Waals surface area contributed by atoms with Gasteiger partial charge in [-0.2, -0.15) is 0 Å². The van der Waals surface area contributed by atoms with Gasteiger partial charge in [0.1, 0.15) is 5.60 Å². The molecule has 1 heterocycles. The number of rotatable bonds is 5. The summed E-state index contributed by atoms with van der Waals surface area (Å²) in [7, 11) is 0. The zero-order valence-corrected chi connectivity index (χ0v) is 10.6. The summed E-state index contributed by atoms with van der Waals surface area (Å²) in [5, 5.41) is 0. The zero-order chi connectivity index (χ0) is 11.6. The molecule has 0 spiro atoms. The highest BCUT2D eigenvalue weighted by molar-refractivity contribution is 5.37. The third kappa shape index (κ3) is 2.01. The second-order valence-electron chi connectivity index (χ2n) is 4.93. The van der Waals surface area contributed by atoms with Crippen LogP contribution in [0.5, 0.6) is 0 Å². The van der Waals surface area contributed by atoms with Crippen molar-refractivity contribution in [1.29, 1.82) is 0 Å². The lowest BCUT2D eigenvalue weighted by atomic mass is 9.85. The van der Waals surface area contributed by atoms with Crippen LogP contribution in [0.1, 0.15) is 57.1 Å². The number of ether oxygens (including phenoxy) is 1. The number of epoxide rings is 1. The first-order valence-electron chi connectivity index (χ1n) is 6.47. The molecule has 2 atom stereocenters. The Kier molecular flexibility index (Phi) is 3.34. The van der Waals surface area contributed by atoms with Crippen molar-refractivity contribution in [3.8, 4) is 0 Å². The molecule has 1 nitrogen and oxygen atoms in total. The Morgan fingerprint density at radius 1 is 1.31 bits per heavy atom. The van der Waals surface area contributed by atoms with Gasteiger partial charge in [-0.3, -0.25) is 0 Å². The van der Waals surface area contributed by atoms with E-state index in [-0.39, 0.29) is 5.60 Å². The summed E-state index contributed by atoms with van der Waals surface area (Å²) in [6, 6.07) is 8.81. The first-order chi connectivity index (χ1) is 7.73. The molecule has 1 aliphatic heterocycles. The van der Waals surface area contributed by atoms with Gasteiger partial charge in [-0.05, 0) is 29.9 Å². The number of hydrogen-bond donors (Lipinski definition) is 0. The molecule has 88 valence electrons. The quantitative estimate of drug-likeness (QED) is 0.674. The predicted molar refractivity (Wildman–Crippen MR) is 67.7 cm³/mol. The molecular formula is C15H22O. The van der Waals surface area contributed by atoms with E-state index in [0.29, 0.717) is 5.92 Å². The molecule has 0 radical (unpaired) electrons. The van der Waals surface area contributed by atoms with Gasteiger partial charge in [0, 0.05) is 0 Å². The lowest BCUT2D eigenvalue weighted by molar-refractivity contribution is 0.289. The summed E-state index contributed by atoms with van der Waals surface area (Å²) >= 11 is 0. The van der Waals surface area contributed by atoms with E-state index in [4.69, 9.17) is 4.74 Å². The van der Waals surface area contributed by atoms with E-state index in [1.807, 2.05) is 0 Å². The summed E-state index contributed by atoms with van der Waals surface area (Å²) in [5.41, 5.74) is 2.98. The van der Waals surface area contributed by atoms with E-state index in [9.17, 15) is 0 Å². The van der Waals surface area contributed by atoms with Crippen LogP contribution in [0.4, 0.5) is 0 Å². The molecule has 16 heavy (non-hydrogen) atoms. The molecule has 0 saturated carbocycles. The Bertz CT molecular complexity index is 352. The third-order valence-electron chi connectivity index (χ3n) is 3.74. The van der Waals surface area contributed by atoms with Gasteiger partial charge in [-0.15, -0.1) is 0 Å². The molecule has 0 bridgehead atoms. The Balaban J connectivity index is 2.33. The van der Waals surface area contributed by atoms with Gasteiger partial charge in [0.15, 0.2) is 0 Å². The number of benzene rings is 1. The summed E-state index contributed by atoms with van der Waals surface area (Å²) in [6.45, 7) is 7.70. The molecule has 0 amide bonds. The van der Waals surface area contributed by atoms with Crippen molar-refractivity contribution in [3.63, 3.8) is 0 Å². The molecule has 1 fully saturated rings. The van der Waals surface area contributed by atoms with Gasteiger partial charge < -0.3 is 4.74 Å². The molecule has 2 rings (SSSR count). The molecule has 1 aromatic rings. The van der Waals surface area contributed by atoms with E-state index >= 15 is 0 Å². The fourth-order valence-corrected chi connectivity index (χ4v) is 2.49. The third-order valence-corrected chi connectivity index (χ3v) is 3.74. The van der Waals surface area contributed by atoms with Crippen molar-refractivity contribution in [1.82, 2.24) is 0 Å². The molecular weight excluding hydrogens is 196 g/mol. The Morgan fingerprint density at radius 3 is 2.56 bits per heavy atom. The van der Waals surface area contributed by atoms with Crippen LogP contribution >= 0.6 is 0 Å². The fourth-order valence-electron chi connectivity index (χ4n) is 2.49. The summed E-state index contributed by atoms with van der Waals surface area (Å²) < 4.78 is 5.76. The highest BCUT2D eigenvalue weighted by atomic mass is 16.6. The molecule has 0 aromatic heterocycles. The van der Waals surface area contributed by atoms with Gasteiger partial charge >= 0.3 is 0 Å². The average molecular weight is 218 g/mol. The molecule has 0 aliphatic carbocycles. The molecule has 2 unspecified atom stereocenters. The second kappa shape index (κ2) is 4.58. The standard InChI is InChI=1S/C15H22O/c1-4-10-15(11-16-15)14-9-7-6-8-13(14)12(3)5-2/h6-9,12H,4-5,10-11H2,1-3H3. The van der Waals surface area contributed by atoms with Crippen molar-refractivity contribution < 1.29 is 4.74 Å². The Labute approximate surface area is 98.8 Å². The topological polar surface area (TPSA) is 12.5 Å². The van der Waals surface area contributed by atoms with Crippen LogP contribution in [0.2, 0.25) is 0 Å². The molecule has 1 heteroatoms. The Morgan fingerprint density at radius 2 is 2.00 bits per heavy atom. The van der Waals surface area contributed by atoms with Gasteiger partial charge in [-0.25, -0.2) is 0 Å². The van der Waals surface area contributed by atoms with E-state index in [1.54, 1.807) is 0 Å². The highest BCUT2D eigenvalue weighted by Crippen LogP contribution is 2.45. The van der Waals surface area contributed by atoms with Crippen LogP contribution in [-0.4, -0.2) is 6.61 Å². The van der Waals surface area contributed by atoms with E-state index < -0.39 is 0 Å². The van der Waals surface area contributed by atoms with Crippen molar-refractivity contribution in [2.45, 2.75) is 51.6 Å². The lowest BCUT2D eigenvalue weighted by Gasteiger charge is -2.19. The van der Waals surface area contributed by atoms with E-state index in [0.717, 1.165) is 13.0 Å². The largest absolute Gasteiger partial charge is 0.364 e. The molecule has 1 aliphatic rings. The first-order valence-corrected chi connectivity index (χ1v) is 6.47. The first kappa shape index (κ1) is 11.7. The number of hydrogen-bond acceptors (Lipinski definition) is 1. The minimum Gasteiger partial charge on any atom is -0.364 e. The summed E-state index contributed by atoms with van der Waals surface area (Å²) in [5.74, 6) is 0.633. The van der Waals surface area contributed by atoms with Crippen molar-refractivity contribution in [2.75, 3.05) is 6.61 Å². The minimum absolute atomic E-state index is 0.0643. The maximum atomic E-state index is 5.76.